The summed E-state index contributed by atoms with van der Waals surface area (Å²) in [6.07, 6.45) is 1.00. The van der Waals surface area contributed by atoms with Crippen molar-refractivity contribution in [1.29, 1.82) is 0 Å². The Labute approximate surface area is 112 Å². The van der Waals surface area contributed by atoms with Crippen LogP contribution in [0.2, 0.25) is 10.0 Å². The lowest BCUT2D eigenvalue weighted by molar-refractivity contribution is -0.142. The number of halogens is 2. The zero-order valence-corrected chi connectivity index (χ0v) is 11.4. The Morgan fingerprint density at radius 3 is 2.24 bits per heavy atom. The van der Waals surface area contributed by atoms with Gasteiger partial charge in [-0.1, -0.05) is 43.1 Å². The van der Waals surface area contributed by atoms with E-state index < -0.39 is 11.9 Å². The maximum Gasteiger partial charge on any atom is 0.306 e. The summed E-state index contributed by atoms with van der Waals surface area (Å²) in [7, 11) is 0. The molecule has 1 N–H and O–H groups in total. The van der Waals surface area contributed by atoms with Crippen molar-refractivity contribution in [3.8, 4) is 0 Å². The second-order valence-corrected chi connectivity index (χ2v) is 5.38. The summed E-state index contributed by atoms with van der Waals surface area (Å²) in [6, 6.07) is 5.22. The molecule has 0 saturated carbocycles. The molecule has 1 aromatic carbocycles. The summed E-state index contributed by atoms with van der Waals surface area (Å²) in [5, 5.41) is 10.2. The molecule has 0 fully saturated rings. The summed E-state index contributed by atoms with van der Waals surface area (Å²) >= 11 is 12.1. The molecular weight excluding hydrogens is 259 g/mol. The second-order valence-electron chi connectivity index (χ2n) is 4.57. The quantitative estimate of drug-likeness (QED) is 0.870. The van der Waals surface area contributed by atoms with E-state index in [-0.39, 0.29) is 0 Å². The van der Waals surface area contributed by atoms with E-state index in [1.165, 1.54) is 0 Å². The van der Waals surface area contributed by atoms with Gasteiger partial charge in [-0.05, 0) is 36.5 Å². The fraction of sp³-hybridized carbons (Fsp3) is 0.462. The van der Waals surface area contributed by atoms with Gasteiger partial charge in [-0.3, -0.25) is 4.79 Å². The van der Waals surface area contributed by atoms with Gasteiger partial charge in [-0.25, -0.2) is 0 Å². The average molecular weight is 275 g/mol. The molecule has 0 saturated heterocycles. The minimum absolute atomic E-state index is 0.331. The van der Waals surface area contributed by atoms with E-state index in [1.807, 2.05) is 13.8 Å². The molecule has 0 aliphatic rings. The van der Waals surface area contributed by atoms with Crippen LogP contribution in [-0.4, -0.2) is 11.1 Å². The highest BCUT2D eigenvalue weighted by atomic mass is 35.5. The van der Waals surface area contributed by atoms with Crippen LogP contribution in [0.25, 0.3) is 0 Å². The molecule has 1 unspecified atom stereocenters. The number of rotatable bonds is 5. The minimum atomic E-state index is -0.797. The molecule has 0 bridgehead atoms. The predicted molar refractivity (Wildman–Crippen MR) is 70.7 cm³/mol. The zero-order valence-electron chi connectivity index (χ0n) is 9.91. The summed E-state index contributed by atoms with van der Waals surface area (Å²) < 4.78 is 0. The van der Waals surface area contributed by atoms with E-state index in [0.717, 1.165) is 5.56 Å². The fourth-order valence-electron chi connectivity index (χ4n) is 1.81. The lowest BCUT2D eigenvalue weighted by Gasteiger charge is -2.16. The van der Waals surface area contributed by atoms with Crippen LogP contribution in [0, 0.1) is 11.8 Å². The molecule has 17 heavy (non-hydrogen) atoms. The normalized spacial score (nSPS) is 12.8. The Kier molecular flexibility index (Phi) is 5.29. The fourth-order valence-corrected chi connectivity index (χ4v) is 2.37. The van der Waals surface area contributed by atoms with E-state index in [9.17, 15) is 9.90 Å². The third-order valence-corrected chi connectivity index (χ3v) is 3.33. The summed E-state index contributed by atoms with van der Waals surface area (Å²) in [4.78, 5) is 11.2. The maximum absolute atomic E-state index is 11.2. The van der Waals surface area contributed by atoms with Gasteiger partial charge in [0.15, 0.2) is 0 Å². The van der Waals surface area contributed by atoms with Gasteiger partial charge in [-0.2, -0.15) is 0 Å². The van der Waals surface area contributed by atoms with Crippen molar-refractivity contribution in [3.05, 3.63) is 33.8 Å². The molecule has 0 aliphatic heterocycles. The van der Waals surface area contributed by atoms with Gasteiger partial charge in [0.25, 0.3) is 0 Å². The smallest absolute Gasteiger partial charge is 0.306 e. The Bertz CT molecular complexity index is 382. The van der Waals surface area contributed by atoms with Crippen molar-refractivity contribution >= 4 is 29.2 Å². The molecule has 0 heterocycles. The third-order valence-electron chi connectivity index (χ3n) is 2.62. The number of hydrogen-bond acceptors (Lipinski definition) is 1. The molecule has 94 valence electrons. The molecule has 4 heteroatoms. The van der Waals surface area contributed by atoms with Crippen LogP contribution in [0.1, 0.15) is 25.8 Å². The molecule has 0 spiro atoms. The van der Waals surface area contributed by atoms with Crippen LogP contribution in [-0.2, 0) is 11.2 Å². The lowest BCUT2D eigenvalue weighted by atomic mass is 9.91. The van der Waals surface area contributed by atoms with Crippen LogP contribution >= 0.6 is 23.2 Å². The molecule has 0 amide bonds. The van der Waals surface area contributed by atoms with Crippen molar-refractivity contribution in [2.75, 3.05) is 0 Å². The number of carbonyl (C=O) groups is 1. The van der Waals surface area contributed by atoms with Crippen LogP contribution in [0.4, 0.5) is 0 Å². The zero-order chi connectivity index (χ0) is 13.0. The van der Waals surface area contributed by atoms with Gasteiger partial charge in [0.1, 0.15) is 0 Å². The van der Waals surface area contributed by atoms with Crippen molar-refractivity contribution < 1.29 is 9.90 Å². The first kappa shape index (κ1) is 14.3. The largest absolute Gasteiger partial charge is 0.481 e. The molecule has 0 radical (unpaired) electrons. The standard InChI is InChI=1S/C13H16Cl2O2/c1-8(2)6-9(13(16)17)7-10-11(14)4-3-5-12(10)15/h3-5,8-9H,6-7H2,1-2H3,(H,16,17). The highest BCUT2D eigenvalue weighted by Crippen LogP contribution is 2.28. The van der Waals surface area contributed by atoms with Crippen molar-refractivity contribution in [3.63, 3.8) is 0 Å². The van der Waals surface area contributed by atoms with E-state index in [4.69, 9.17) is 23.2 Å². The van der Waals surface area contributed by atoms with Crippen LogP contribution in [0.5, 0.6) is 0 Å². The topological polar surface area (TPSA) is 37.3 Å². The summed E-state index contributed by atoms with van der Waals surface area (Å²) in [5.74, 6) is -0.903. The number of carboxylic acid groups (broad SMARTS) is 1. The Hall–Kier alpha value is -0.730. The first-order valence-electron chi connectivity index (χ1n) is 5.57. The molecule has 1 atom stereocenters. The van der Waals surface area contributed by atoms with Crippen molar-refractivity contribution in [2.45, 2.75) is 26.7 Å². The first-order chi connectivity index (χ1) is 7.91. The Morgan fingerprint density at radius 1 is 1.29 bits per heavy atom. The van der Waals surface area contributed by atoms with Gasteiger partial charge < -0.3 is 5.11 Å². The van der Waals surface area contributed by atoms with E-state index in [0.29, 0.717) is 28.8 Å². The van der Waals surface area contributed by atoms with E-state index in [1.54, 1.807) is 18.2 Å². The number of benzene rings is 1. The molecule has 0 aromatic heterocycles. The third kappa shape index (κ3) is 4.21. The van der Waals surface area contributed by atoms with E-state index in [2.05, 4.69) is 0 Å². The monoisotopic (exact) mass is 274 g/mol. The first-order valence-corrected chi connectivity index (χ1v) is 6.33. The summed E-state index contributed by atoms with van der Waals surface area (Å²) in [5.41, 5.74) is 0.726. The predicted octanol–water partition coefficient (Wildman–Crippen LogP) is 4.28. The van der Waals surface area contributed by atoms with Gasteiger partial charge in [0, 0.05) is 10.0 Å². The minimum Gasteiger partial charge on any atom is -0.481 e. The summed E-state index contributed by atoms with van der Waals surface area (Å²) in [6.45, 7) is 4.01. The molecule has 1 rings (SSSR count). The highest BCUT2D eigenvalue weighted by Gasteiger charge is 2.21. The second kappa shape index (κ2) is 6.27. The number of hydrogen-bond donors (Lipinski definition) is 1. The lowest BCUT2D eigenvalue weighted by Crippen LogP contribution is -2.19. The van der Waals surface area contributed by atoms with Gasteiger partial charge in [0.2, 0.25) is 0 Å². The van der Waals surface area contributed by atoms with Crippen LogP contribution in [0.15, 0.2) is 18.2 Å². The van der Waals surface area contributed by atoms with Gasteiger partial charge in [-0.15, -0.1) is 0 Å². The van der Waals surface area contributed by atoms with Crippen molar-refractivity contribution in [2.24, 2.45) is 11.8 Å². The molecular formula is C13H16Cl2O2. The Morgan fingerprint density at radius 2 is 1.82 bits per heavy atom. The molecule has 2 nitrogen and oxygen atoms in total. The van der Waals surface area contributed by atoms with Crippen LogP contribution in [0.3, 0.4) is 0 Å². The van der Waals surface area contributed by atoms with E-state index >= 15 is 0 Å². The SMILES string of the molecule is CC(C)CC(Cc1c(Cl)cccc1Cl)C(=O)O. The molecule has 0 aliphatic carbocycles. The van der Waals surface area contributed by atoms with Crippen molar-refractivity contribution in [1.82, 2.24) is 0 Å². The van der Waals surface area contributed by atoms with Crippen LogP contribution < -0.4 is 0 Å². The highest BCUT2D eigenvalue weighted by molar-refractivity contribution is 6.36. The van der Waals surface area contributed by atoms with Gasteiger partial charge >= 0.3 is 5.97 Å². The van der Waals surface area contributed by atoms with Gasteiger partial charge in [0.05, 0.1) is 5.92 Å². The number of carboxylic acids is 1. The molecule has 1 aromatic rings. The average Bonchev–Trinajstić information content (AvgIpc) is 2.21. The number of aliphatic carboxylic acids is 1. The maximum atomic E-state index is 11.2. The Balaban J connectivity index is 2.90.